The van der Waals surface area contributed by atoms with Gasteiger partial charge in [-0.25, -0.2) is 4.39 Å². The summed E-state index contributed by atoms with van der Waals surface area (Å²) in [6.07, 6.45) is 3.06. The van der Waals surface area contributed by atoms with E-state index < -0.39 is 11.8 Å². The van der Waals surface area contributed by atoms with Gasteiger partial charge in [0, 0.05) is 29.8 Å². The average Bonchev–Trinajstić information content (AvgIpc) is 2.46. The number of carboxylic acid groups (broad SMARTS) is 1. The Hall–Kier alpha value is -2.56. The fourth-order valence-corrected chi connectivity index (χ4v) is 2.74. The van der Waals surface area contributed by atoms with Crippen LogP contribution in [0.25, 0.3) is 5.57 Å². The Morgan fingerprint density at radius 3 is 2.86 bits per heavy atom. The van der Waals surface area contributed by atoms with Gasteiger partial charge in [-0.1, -0.05) is 24.3 Å². The van der Waals surface area contributed by atoms with E-state index in [0.29, 0.717) is 12.1 Å². The second-order valence-corrected chi connectivity index (χ2v) is 4.95. The molecule has 0 amide bonds. The fourth-order valence-electron chi connectivity index (χ4n) is 2.74. The highest BCUT2D eigenvalue weighted by molar-refractivity contribution is 5.88. The van der Waals surface area contributed by atoms with Crippen LogP contribution < -0.4 is 4.90 Å². The first-order chi connectivity index (χ1) is 10.1. The summed E-state index contributed by atoms with van der Waals surface area (Å²) in [5.41, 5.74) is 2.13. The maximum atomic E-state index is 14.1. The van der Waals surface area contributed by atoms with E-state index in [1.54, 1.807) is 11.0 Å². The van der Waals surface area contributed by atoms with Crippen LogP contribution in [0.2, 0.25) is 0 Å². The topological polar surface area (TPSA) is 60.8 Å². The molecule has 0 fully saturated rings. The lowest BCUT2D eigenvalue weighted by Gasteiger charge is -2.35. The number of hydrogen-bond donors (Lipinski definition) is 2. The van der Waals surface area contributed by atoms with Crippen LogP contribution in [0.15, 0.2) is 53.7 Å². The lowest BCUT2D eigenvalue weighted by Crippen LogP contribution is -2.31. The van der Waals surface area contributed by atoms with Crippen LogP contribution in [0.3, 0.4) is 0 Å². The molecular formula is C16H14FNO3. The number of allylic oxidation sites excluding steroid dienone is 3. The van der Waals surface area contributed by atoms with Gasteiger partial charge >= 0.3 is 5.97 Å². The van der Waals surface area contributed by atoms with Crippen LogP contribution in [0.1, 0.15) is 18.4 Å². The SMILES string of the molecule is O=C(O)CCC1=C(O)C2=C(F)C=CCN2c2ccccc21. The molecular weight excluding hydrogens is 273 g/mol. The zero-order chi connectivity index (χ0) is 15.0. The molecule has 1 aromatic rings. The highest BCUT2D eigenvalue weighted by Crippen LogP contribution is 2.43. The molecule has 2 N–H and O–H groups in total. The minimum Gasteiger partial charge on any atom is -0.505 e. The molecule has 3 rings (SSSR count). The van der Waals surface area contributed by atoms with Gasteiger partial charge in [-0.15, -0.1) is 0 Å². The van der Waals surface area contributed by atoms with Gasteiger partial charge < -0.3 is 15.1 Å². The monoisotopic (exact) mass is 287 g/mol. The van der Waals surface area contributed by atoms with E-state index in [1.807, 2.05) is 24.3 Å². The summed E-state index contributed by atoms with van der Waals surface area (Å²) in [4.78, 5) is 12.5. The molecule has 2 aliphatic heterocycles. The van der Waals surface area contributed by atoms with E-state index >= 15 is 0 Å². The first-order valence-electron chi connectivity index (χ1n) is 6.67. The number of nitrogens with zero attached hydrogens (tertiary/aromatic N) is 1. The average molecular weight is 287 g/mol. The number of para-hydroxylation sites is 1. The number of rotatable bonds is 3. The van der Waals surface area contributed by atoms with Crippen LogP contribution in [0, 0.1) is 0 Å². The van der Waals surface area contributed by atoms with Crippen LogP contribution in [0.5, 0.6) is 0 Å². The summed E-state index contributed by atoms with van der Waals surface area (Å²) in [5.74, 6) is -1.63. The van der Waals surface area contributed by atoms with E-state index in [1.165, 1.54) is 6.08 Å². The second kappa shape index (κ2) is 5.09. The van der Waals surface area contributed by atoms with Crippen LogP contribution in [-0.2, 0) is 4.79 Å². The third-order valence-corrected chi connectivity index (χ3v) is 3.67. The lowest BCUT2D eigenvalue weighted by atomic mass is 9.91. The molecule has 4 nitrogen and oxygen atoms in total. The number of fused-ring (bicyclic) bond motifs is 3. The number of benzene rings is 1. The fraction of sp³-hybridized carbons (Fsp3) is 0.188. The van der Waals surface area contributed by atoms with Gasteiger partial charge in [0.1, 0.15) is 17.3 Å². The van der Waals surface area contributed by atoms with E-state index in [0.717, 1.165) is 11.3 Å². The quantitative estimate of drug-likeness (QED) is 0.894. The molecule has 0 saturated carbocycles. The molecule has 0 saturated heterocycles. The lowest BCUT2D eigenvalue weighted by molar-refractivity contribution is -0.136. The molecule has 0 radical (unpaired) electrons. The minimum atomic E-state index is -0.951. The third-order valence-electron chi connectivity index (χ3n) is 3.67. The van der Waals surface area contributed by atoms with Gasteiger partial charge in [-0.2, -0.15) is 0 Å². The van der Waals surface area contributed by atoms with Crippen molar-refractivity contribution in [3.8, 4) is 0 Å². The molecule has 0 atom stereocenters. The summed E-state index contributed by atoms with van der Waals surface area (Å²) in [6.45, 7) is 0.468. The molecule has 1 aromatic carbocycles. The van der Waals surface area contributed by atoms with Gasteiger partial charge in [-0.05, 0) is 18.6 Å². The Bertz CT molecular complexity index is 703. The Balaban J connectivity index is 2.17. The summed E-state index contributed by atoms with van der Waals surface area (Å²) < 4.78 is 14.1. The van der Waals surface area contributed by atoms with E-state index in [9.17, 15) is 14.3 Å². The maximum Gasteiger partial charge on any atom is 0.303 e. The minimum absolute atomic E-state index is 0.113. The van der Waals surface area contributed by atoms with Gasteiger partial charge in [-0.3, -0.25) is 4.79 Å². The third kappa shape index (κ3) is 2.20. The highest BCUT2D eigenvalue weighted by atomic mass is 19.1. The van der Waals surface area contributed by atoms with Crippen molar-refractivity contribution in [3.63, 3.8) is 0 Å². The van der Waals surface area contributed by atoms with Gasteiger partial charge in [0.25, 0.3) is 0 Å². The predicted molar refractivity (Wildman–Crippen MR) is 77.5 cm³/mol. The Morgan fingerprint density at radius 1 is 1.33 bits per heavy atom. The summed E-state index contributed by atoms with van der Waals surface area (Å²) >= 11 is 0. The van der Waals surface area contributed by atoms with E-state index in [2.05, 4.69) is 0 Å². The van der Waals surface area contributed by atoms with E-state index in [-0.39, 0.29) is 24.3 Å². The molecule has 0 spiro atoms. The number of anilines is 1. The van der Waals surface area contributed by atoms with Crippen molar-refractivity contribution < 1.29 is 19.4 Å². The summed E-state index contributed by atoms with van der Waals surface area (Å²) in [5, 5.41) is 19.3. The van der Waals surface area contributed by atoms with Crippen molar-refractivity contribution in [2.45, 2.75) is 12.8 Å². The number of carbonyl (C=O) groups is 1. The molecule has 108 valence electrons. The van der Waals surface area contributed by atoms with Crippen LogP contribution in [-0.4, -0.2) is 22.7 Å². The first kappa shape index (κ1) is 13.4. The standard InChI is InChI=1S/C16H14FNO3/c17-12-5-3-9-18-13-6-2-1-4-10(13)11(7-8-14(19)20)16(21)15(12)18/h1-6,21H,7-9H2,(H,19,20). The van der Waals surface area contributed by atoms with Gasteiger partial charge in [0.2, 0.25) is 0 Å². The number of halogens is 1. The largest absolute Gasteiger partial charge is 0.505 e. The van der Waals surface area contributed by atoms with Crippen molar-refractivity contribution in [2.75, 3.05) is 11.4 Å². The van der Waals surface area contributed by atoms with Crippen molar-refractivity contribution in [3.05, 3.63) is 59.3 Å². The molecule has 5 heteroatoms. The van der Waals surface area contributed by atoms with Gasteiger partial charge in [0.15, 0.2) is 0 Å². The van der Waals surface area contributed by atoms with Crippen LogP contribution >= 0.6 is 0 Å². The molecule has 21 heavy (non-hydrogen) atoms. The van der Waals surface area contributed by atoms with Crippen molar-refractivity contribution in [2.24, 2.45) is 0 Å². The summed E-state index contributed by atoms with van der Waals surface area (Å²) in [6, 6.07) is 7.31. The maximum absolute atomic E-state index is 14.1. The normalized spacial score (nSPS) is 16.9. The highest BCUT2D eigenvalue weighted by Gasteiger charge is 2.31. The molecule has 0 unspecified atom stereocenters. The van der Waals surface area contributed by atoms with Crippen LogP contribution in [0.4, 0.5) is 10.1 Å². The molecule has 2 aliphatic rings. The Morgan fingerprint density at radius 2 is 2.10 bits per heavy atom. The zero-order valence-electron chi connectivity index (χ0n) is 11.2. The molecule has 0 aromatic heterocycles. The first-order valence-corrected chi connectivity index (χ1v) is 6.67. The van der Waals surface area contributed by atoms with Gasteiger partial charge in [0.05, 0.1) is 0 Å². The Labute approximate surface area is 121 Å². The van der Waals surface area contributed by atoms with Crippen molar-refractivity contribution >= 4 is 17.2 Å². The number of hydrogen-bond acceptors (Lipinski definition) is 3. The molecule has 0 aliphatic carbocycles. The van der Waals surface area contributed by atoms with Crippen molar-refractivity contribution in [1.29, 1.82) is 0 Å². The predicted octanol–water partition coefficient (Wildman–Crippen LogP) is 3.39. The number of aliphatic hydroxyl groups excluding tert-OH is 1. The second-order valence-electron chi connectivity index (χ2n) is 4.95. The molecule has 0 bridgehead atoms. The number of aliphatic carboxylic acids is 1. The molecule has 2 heterocycles. The number of aliphatic hydroxyl groups is 1. The van der Waals surface area contributed by atoms with Crippen molar-refractivity contribution in [1.82, 2.24) is 0 Å². The number of carboxylic acids is 1. The smallest absolute Gasteiger partial charge is 0.303 e. The Kier molecular flexibility index (Phi) is 3.25. The zero-order valence-corrected chi connectivity index (χ0v) is 11.2. The summed E-state index contributed by atoms with van der Waals surface area (Å²) in [7, 11) is 0. The van der Waals surface area contributed by atoms with E-state index in [4.69, 9.17) is 5.11 Å².